The van der Waals surface area contributed by atoms with E-state index in [1.165, 1.54) is 6.42 Å². The first-order valence-electron chi connectivity index (χ1n) is 7.20. The van der Waals surface area contributed by atoms with Gasteiger partial charge in [-0.3, -0.25) is 4.79 Å². The summed E-state index contributed by atoms with van der Waals surface area (Å²) in [4.78, 5) is 12.3. The lowest BCUT2D eigenvalue weighted by Crippen LogP contribution is -2.46. The predicted octanol–water partition coefficient (Wildman–Crippen LogP) is 3.56. The molecular weight excluding hydrogens is 272 g/mol. The van der Waals surface area contributed by atoms with Gasteiger partial charge in [0.1, 0.15) is 0 Å². The maximum absolute atomic E-state index is 11.2. The number of hydrogen-bond donors (Lipinski definition) is 2. The molecule has 1 aromatic rings. The lowest BCUT2D eigenvalue weighted by atomic mass is 9.80. The van der Waals surface area contributed by atoms with Gasteiger partial charge in [-0.15, -0.1) is 11.8 Å². The zero-order chi connectivity index (χ0) is 14.6. The molecule has 0 saturated heterocycles. The highest BCUT2D eigenvalue weighted by Crippen LogP contribution is 2.47. The largest absolute Gasteiger partial charge is 0.481 e. The molecule has 1 aliphatic rings. The Morgan fingerprint density at radius 3 is 2.35 bits per heavy atom. The molecule has 2 rings (SSSR count). The molecule has 2 N–H and O–H groups in total. The number of thioether (sulfide) groups is 1. The Morgan fingerprint density at radius 1 is 1.20 bits per heavy atom. The van der Waals surface area contributed by atoms with Crippen molar-refractivity contribution in [3.8, 4) is 0 Å². The summed E-state index contributed by atoms with van der Waals surface area (Å²) in [7, 11) is 0. The van der Waals surface area contributed by atoms with Crippen LogP contribution >= 0.6 is 11.8 Å². The molecule has 0 radical (unpaired) electrons. The van der Waals surface area contributed by atoms with Crippen LogP contribution in [0.3, 0.4) is 0 Å². The molecule has 0 heterocycles. The van der Waals surface area contributed by atoms with Crippen molar-refractivity contribution in [3.05, 3.63) is 30.3 Å². The van der Waals surface area contributed by atoms with E-state index in [1.807, 2.05) is 30.3 Å². The first-order valence-corrected chi connectivity index (χ1v) is 8.02. The van der Waals surface area contributed by atoms with Gasteiger partial charge in [-0.1, -0.05) is 37.5 Å². The Labute approximate surface area is 124 Å². The van der Waals surface area contributed by atoms with E-state index in [1.54, 1.807) is 18.7 Å². The Kier molecular flexibility index (Phi) is 5.11. The van der Waals surface area contributed by atoms with Gasteiger partial charge in [0.05, 0.1) is 12.0 Å². The second-order valence-corrected chi connectivity index (χ2v) is 7.10. The predicted molar refractivity (Wildman–Crippen MR) is 80.9 cm³/mol. The zero-order valence-corrected chi connectivity index (χ0v) is 12.6. The fourth-order valence-corrected chi connectivity index (χ4v) is 4.50. The fourth-order valence-electron chi connectivity index (χ4n) is 2.92. The maximum atomic E-state index is 11.2. The van der Waals surface area contributed by atoms with E-state index in [-0.39, 0.29) is 4.75 Å². The first kappa shape index (κ1) is 15.4. The van der Waals surface area contributed by atoms with E-state index in [4.69, 9.17) is 0 Å². The Morgan fingerprint density at radius 2 is 1.80 bits per heavy atom. The van der Waals surface area contributed by atoms with Crippen LogP contribution in [0, 0.1) is 5.92 Å². The number of carbonyl (C=O) groups is 1. The van der Waals surface area contributed by atoms with E-state index in [0.717, 1.165) is 30.6 Å². The summed E-state index contributed by atoms with van der Waals surface area (Å²) in [5.41, 5.74) is 0. The van der Waals surface area contributed by atoms with Crippen LogP contribution in [-0.2, 0) is 4.79 Å². The van der Waals surface area contributed by atoms with Crippen molar-refractivity contribution in [3.63, 3.8) is 0 Å². The molecule has 1 fully saturated rings. The molecule has 3 nitrogen and oxygen atoms in total. The minimum atomic E-state index is -0.920. The number of aliphatic hydroxyl groups is 1. The van der Waals surface area contributed by atoms with Crippen molar-refractivity contribution < 1.29 is 15.0 Å². The summed E-state index contributed by atoms with van der Waals surface area (Å²) < 4.78 is -0.364. The van der Waals surface area contributed by atoms with Crippen molar-refractivity contribution in [2.24, 2.45) is 5.92 Å². The number of carboxylic acid groups (broad SMARTS) is 1. The molecule has 0 aliphatic heterocycles. The molecular formula is C16H22O3S. The van der Waals surface area contributed by atoms with Gasteiger partial charge in [-0.2, -0.15) is 0 Å². The average molecular weight is 294 g/mol. The highest BCUT2D eigenvalue weighted by molar-refractivity contribution is 8.00. The second kappa shape index (κ2) is 6.64. The number of hydrogen-bond acceptors (Lipinski definition) is 3. The van der Waals surface area contributed by atoms with Gasteiger partial charge in [0.15, 0.2) is 0 Å². The molecule has 20 heavy (non-hydrogen) atoms. The molecule has 0 bridgehead atoms. The van der Waals surface area contributed by atoms with E-state index in [2.05, 4.69) is 0 Å². The molecule has 4 heteroatoms. The summed E-state index contributed by atoms with van der Waals surface area (Å²) in [5.74, 6) is -1.65. The minimum absolute atomic E-state index is 0.364. The Bertz CT molecular complexity index is 440. The molecule has 0 unspecified atom stereocenters. The van der Waals surface area contributed by atoms with E-state index >= 15 is 0 Å². The molecule has 1 saturated carbocycles. The van der Waals surface area contributed by atoms with Crippen LogP contribution in [0.1, 0.15) is 39.0 Å². The van der Waals surface area contributed by atoms with E-state index in [9.17, 15) is 15.0 Å². The molecule has 1 aromatic carbocycles. The van der Waals surface area contributed by atoms with E-state index < -0.39 is 18.0 Å². The number of aliphatic hydroxyl groups excluding tert-OH is 1. The Balaban J connectivity index is 2.23. The third kappa shape index (κ3) is 3.36. The Hall–Kier alpha value is -1.00. The molecule has 110 valence electrons. The van der Waals surface area contributed by atoms with Crippen molar-refractivity contribution in [2.45, 2.75) is 54.8 Å². The fraction of sp³-hybridized carbons (Fsp3) is 0.562. The third-order valence-electron chi connectivity index (χ3n) is 4.17. The average Bonchev–Trinajstić information content (AvgIpc) is 2.47. The van der Waals surface area contributed by atoms with Crippen molar-refractivity contribution >= 4 is 17.7 Å². The minimum Gasteiger partial charge on any atom is -0.481 e. The lowest BCUT2D eigenvalue weighted by Gasteiger charge is -2.42. The monoisotopic (exact) mass is 294 g/mol. The van der Waals surface area contributed by atoms with Gasteiger partial charge in [-0.25, -0.2) is 0 Å². The van der Waals surface area contributed by atoms with Crippen LogP contribution in [0.15, 0.2) is 35.2 Å². The van der Waals surface area contributed by atoms with Crippen LogP contribution in [0.5, 0.6) is 0 Å². The van der Waals surface area contributed by atoms with Gasteiger partial charge in [0.2, 0.25) is 0 Å². The highest BCUT2D eigenvalue weighted by atomic mass is 32.2. The van der Waals surface area contributed by atoms with E-state index in [0.29, 0.717) is 0 Å². The standard InChI is InChI=1S/C16H22O3S/c1-12(15(18)19)14(17)16(10-6-3-7-11-16)20-13-8-4-2-5-9-13/h2,4-5,8-9,12,14,17H,3,6-7,10-11H2,1H3,(H,18,19)/t12-,14-/m0/s1. The SMILES string of the molecule is C[C@H](C(=O)O)[C@H](O)C1(Sc2ccccc2)CCCCC1. The van der Waals surface area contributed by atoms with Crippen LogP contribution < -0.4 is 0 Å². The van der Waals surface area contributed by atoms with Crippen LogP contribution in [0.2, 0.25) is 0 Å². The van der Waals surface area contributed by atoms with Gasteiger partial charge in [-0.05, 0) is 31.9 Å². The zero-order valence-electron chi connectivity index (χ0n) is 11.8. The normalized spacial score (nSPS) is 21.1. The van der Waals surface area contributed by atoms with Gasteiger partial charge in [0.25, 0.3) is 0 Å². The van der Waals surface area contributed by atoms with Crippen molar-refractivity contribution in [1.29, 1.82) is 0 Å². The maximum Gasteiger partial charge on any atom is 0.308 e. The topological polar surface area (TPSA) is 57.5 Å². The van der Waals surface area contributed by atoms with Crippen LogP contribution in [0.25, 0.3) is 0 Å². The summed E-state index contributed by atoms with van der Waals surface area (Å²) in [6.45, 7) is 1.61. The lowest BCUT2D eigenvalue weighted by molar-refractivity contribution is -0.145. The number of benzene rings is 1. The molecule has 0 spiro atoms. The molecule has 1 aliphatic carbocycles. The van der Waals surface area contributed by atoms with Crippen molar-refractivity contribution in [2.75, 3.05) is 0 Å². The summed E-state index contributed by atoms with van der Waals surface area (Å²) >= 11 is 1.65. The number of carboxylic acids is 1. The van der Waals surface area contributed by atoms with Crippen molar-refractivity contribution in [1.82, 2.24) is 0 Å². The second-order valence-electron chi connectivity index (χ2n) is 5.61. The summed E-state index contributed by atoms with van der Waals surface area (Å²) in [6, 6.07) is 9.98. The van der Waals surface area contributed by atoms with Crippen LogP contribution in [-0.4, -0.2) is 27.0 Å². The van der Waals surface area contributed by atoms with Gasteiger partial charge >= 0.3 is 5.97 Å². The first-order chi connectivity index (χ1) is 9.55. The summed E-state index contributed by atoms with van der Waals surface area (Å²) in [6.07, 6.45) is 4.24. The smallest absolute Gasteiger partial charge is 0.308 e. The molecule has 2 atom stereocenters. The summed E-state index contributed by atoms with van der Waals surface area (Å²) in [5, 5.41) is 19.8. The third-order valence-corrected chi connectivity index (χ3v) is 5.73. The van der Waals surface area contributed by atoms with Crippen LogP contribution in [0.4, 0.5) is 0 Å². The molecule has 0 aromatic heterocycles. The molecule has 0 amide bonds. The van der Waals surface area contributed by atoms with Gasteiger partial charge in [0, 0.05) is 9.64 Å². The number of rotatable bonds is 5. The number of aliphatic carboxylic acids is 1. The highest BCUT2D eigenvalue weighted by Gasteiger charge is 2.44. The quantitative estimate of drug-likeness (QED) is 0.871. The van der Waals surface area contributed by atoms with Gasteiger partial charge < -0.3 is 10.2 Å².